The highest BCUT2D eigenvalue weighted by molar-refractivity contribution is 5.48. The Morgan fingerprint density at radius 2 is 1.84 bits per heavy atom. The van der Waals surface area contributed by atoms with Gasteiger partial charge in [-0.25, -0.2) is 0 Å². The Hall–Kier alpha value is -1.18. The first-order chi connectivity index (χ1) is 9.38. The molecule has 0 aliphatic heterocycles. The van der Waals surface area contributed by atoms with Crippen molar-refractivity contribution in [2.75, 3.05) is 11.9 Å². The van der Waals surface area contributed by atoms with E-state index in [1.807, 2.05) is 6.07 Å². The van der Waals surface area contributed by atoms with Crippen LogP contribution in [0.15, 0.2) is 24.3 Å². The van der Waals surface area contributed by atoms with E-state index in [0.29, 0.717) is 6.04 Å². The SMILES string of the molecule is CCCOc1cccc(NC2CCCCCCC2)c1. The first-order valence-corrected chi connectivity index (χ1v) is 7.88. The molecule has 0 amide bonds. The van der Waals surface area contributed by atoms with Crippen LogP contribution in [0.5, 0.6) is 5.75 Å². The summed E-state index contributed by atoms with van der Waals surface area (Å²) in [6.07, 6.45) is 10.6. The minimum absolute atomic E-state index is 0.640. The Kier molecular flexibility index (Phi) is 6.06. The maximum Gasteiger partial charge on any atom is 0.121 e. The molecule has 1 N–H and O–H groups in total. The van der Waals surface area contributed by atoms with Gasteiger partial charge in [0.15, 0.2) is 0 Å². The second-order valence-electron chi connectivity index (χ2n) is 5.56. The number of hydrogen-bond acceptors (Lipinski definition) is 2. The van der Waals surface area contributed by atoms with Crippen molar-refractivity contribution < 1.29 is 4.74 Å². The van der Waals surface area contributed by atoms with Gasteiger partial charge >= 0.3 is 0 Å². The molecule has 0 unspecified atom stereocenters. The Morgan fingerprint density at radius 1 is 1.11 bits per heavy atom. The summed E-state index contributed by atoms with van der Waals surface area (Å²) in [7, 11) is 0. The van der Waals surface area contributed by atoms with Crippen LogP contribution in [0.25, 0.3) is 0 Å². The number of benzene rings is 1. The zero-order valence-electron chi connectivity index (χ0n) is 12.2. The van der Waals surface area contributed by atoms with Crippen LogP contribution in [-0.4, -0.2) is 12.6 Å². The molecule has 0 bridgehead atoms. The third-order valence-electron chi connectivity index (χ3n) is 3.78. The second-order valence-corrected chi connectivity index (χ2v) is 5.56. The average molecular weight is 261 g/mol. The molecular weight excluding hydrogens is 234 g/mol. The fourth-order valence-electron chi connectivity index (χ4n) is 2.73. The van der Waals surface area contributed by atoms with Gasteiger partial charge in [0.25, 0.3) is 0 Å². The molecule has 0 heterocycles. The summed E-state index contributed by atoms with van der Waals surface area (Å²) >= 11 is 0. The largest absolute Gasteiger partial charge is 0.494 e. The lowest BCUT2D eigenvalue weighted by molar-refractivity contribution is 0.317. The third-order valence-corrected chi connectivity index (χ3v) is 3.78. The number of ether oxygens (including phenoxy) is 1. The molecule has 1 fully saturated rings. The van der Waals surface area contributed by atoms with Crippen molar-refractivity contribution in [1.82, 2.24) is 0 Å². The molecule has 1 saturated carbocycles. The molecule has 0 aromatic heterocycles. The van der Waals surface area contributed by atoms with Crippen LogP contribution in [-0.2, 0) is 0 Å². The van der Waals surface area contributed by atoms with Gasteiger partial charge < -0.3 is 10.1 Å². The fourth-order valence-corrected chi connectivity index (χ4v) is 2.73. The second kappa shape index (κ2) is 8.08. The van der Waals surface area contributed by atoms with Gasteiger partial charge in [-0.3, -0.25) is 0 Å². The van der Waals surface area contributed by atoms with Gasteiger partial charge in [-0.2, -0.15) is 0 Å². The topological polar surface area (TPSA) is 21.3 Å². The molecule has 1 aliphatic carbocycles. The van der Waals surface area contributed by atoms with Crippen LogP contribution in [0.2, 0.25) is 0 Å². The van der Waals surface area contributed by atoms with Crippen LogP contribution in [0.1, 0.15) is 58.3 Å². The lowest BCUT2D eigenvalue weighted by Gasteiger charge is -2.22. The Bertz CT molecular complexity index is 356. The molecular formula is C17H27NO. The zero-order valence-corrected chi connectivity index (χ0v) is 12.2. The molecule has 0 atom stereocenters. The monoisotopic (exact) mass is 261 g/mol. The van der Waals surface area contributed by atoms with Gasteiger partial charge in [0.2, 0.25) is 0 Å². The van der Waals surface area contributed by atoms with Gasteiger partial charge in [-0.1, -0.05) is 45.1 Å². The predicted molar refractivity (Wildman–Crippen MR) is 82.0 cm³/mol. The zero-order chi connectivity index (χ0) is 13.3. The molecule has 0 spiro atoms. The normalized spacial score (nSPS) is 17.5. The van der Waals surface area contributed by atoms with E-state index in [-0.39, 0.29) is 0 Å². The van der Waals surface area contributed by atoms with Crippen molar-refractivity contribution in [3.05, 3.63) is 24.3 Å². The molecule has 1 aromatic rings. The lowest BCUT2D eigenvalue weighted by Crippen LogP contribution is -2.20. The summed E-state index contributed by atoms with van der Waals surface area (Å²) in [4.78, 5) is 0. The summed E-state index contributed by atoms with van der Waals surface area (Å²) in [5.41, 5.74) is 1.21. The van der Waals surface area contributed by atoms with Crippen molar-refractivity contribution in [3.8, 4) is 5.75 Å². The van der Waals surface area contributed by atoms with E-state index < -0.39 is 0 Å². The molecule has 0 radical (unpaired) electrons. The lowest BCUT2D eigenvalue weighted by atomic mass is 9.96. The van der Waals surface area contributed by atoms with E-state index in [4.69, 9.17) is 4.74 Å². The van der Waals surface area contributed by atoms with Crippen molar-refractivity contribution in [2.45, 2.75) is 64.3 Å². The molecule has 19 heavy (non-hydrogen) atoms. The van der Waals surface area contributed by atoms with Crippen LogP contribution < -0.4 is 10.1 Å². The standard InChI is InChI=1S/C17H27NO/c1-2-13-19-17-12-8-11-16(14-17)18-15-9-6-4-3-5-7-10-15/h8,11-12,14-15,18H,2-7,9-10,13H2,1H3. The molecule has 1 aliphatic rings. The van der Waals surface area contributed by atoms with E-state index >= 15 is 0 Å². The molecule has 106 valence electrons. The Morgan fingerprint density at radius 3 is 2.58 bits per heavy atom. The summed E-state index contributed by atoms with van der Waals surface area (Å²) < 4.78 is 5.69. The van der Waals surface area contributed by atoms with E-state index in [1.165, 1.54) is 50.6 Å². The summed E-state index contributed by atoms with van der Waals surface area (Å²) in [5, 5.41) is 3.69. The minimum atomic E-state index is 0.640. The van der Waals surface area contributed by atoms with E-state index in [9.17, 15) is 0 Å². The van der Waals surface area contributed by atoms with Gasteiger partial charge in [0, 0.05) is 17.8 Å². The maximum absolute atomic E-state index is 5.69. The third kappa shape index (κ3) is 5.14. The maximum atomic E-state index is 5.69. The highest BCUT2D eigenvalue weighted by atomic mass is 16.5. The number of nitrogens with one attached hydrogen (secondary N) is 1. The predicted octanol–water partition coefficient (Wildman–Crippen LogP) is 5.00. The van der Waals surface area contributed by atoms with Gasteiger partial charge in [-0.15, -0.1) is 0 Å². The first-order valence-electron chi connectivity index (χ1n) is 7.88. The summed E-state index contributed by atoms with van der Waals surface area (Å²) in [5.74, 6) is 0.984. The minimum Gasteiger partial charge on any atom is -0.494 e. The van der Waals surface area contributed by atoms with E-state index in [1.54, 1.807) is 0 Å². The molecule has 2 rings (SSSR count). The highest BCUT2D eigenvalue weighted by Crippen LogP contribution is 2.23. The molecule has 0 saturated heterocycles. The quantitative estimate of drug-likeness (QED) is 0.805. The number of hydrogen-bond donors (Lipinski definition) is 1. The van der Waals surface area contributed by atoms with Crippen LogP contribution in [0.4, 0.5) is 5.69 Å². The Balaban J connectivity index is 1.89. The summed E-state index contributed by atoms with van der Waals surface area (Å²) in [6, 6.07) is 9.04. The van der Waals surface area contributed by atoms with Gasteiger partial charge in [-0.05, 0) is 31.4 Å². The average Bonchev–Trinajstić information content (AvgIpc) is 2.40. The van der Waals surface area contributed by atoms with Gasteiger partial charge in [0.05, 0.1) is 6.61 Å². The highest BCUT2D eigenvalue weighted by Gasteiger charge is 2.11. The smallest absolute Gasteiger partial charge is 0.121 e. The van der Waals surface area contributed by atoms with Crippen LogP contribution >= 0.6 is 0 Å². The van der Waals surface area contributed by atoms with Crippen molar-refractivity contribution in [1.29, 1.82) is 0 Å². The molecule has 2 heteroatoms. The van der Waals surface area contributed by atoms with Crippen LogP contribution in [0, 0.1) is 0 Å². The van der Waals surface area contributed by atoms with Crippen molar-refractivity contribution in [2.24, 2.45) is 0 Å². The van der Waals surface area contributed by atoms with Gasteiger partial charge in [0.1, 0.15) is 5.75 Å². The number of anilines is 1. The van der Waals surface area contributed by atoms with Crippen molar-refractivity contribution in [3.63, 3.8) is 0 Å². The first kappa shape index (κ1) is 14.2. The Labute approximate surface area is 117 Å². The van der Waals surface area contributed by atoms with E-state index in [2.05, 4.69) is 30.4 Å². The van der Waals surface area contributed by atoms with Crippen molar-refractivity contribution >= 4 is 5.69 Å². The molecule has 1 aromatic carbocycles. The summed E-state index contributed by atoms with van der Waals surface area (Å²) in [6.45, 7) is 2.93. The van der Waals surface area contributed by atoms with E-state index in [0.717, 1.165) is 18.8 Å². The fraction of sp³-hybridized carbons (Fsp3) is 0.647. The molecule has 2 nitrogen and oxygen atoms in total. The van der Waals surface area contributed by atoms with Crippen LogP contribution in [0.3, 0.4) is 0 Å². The number of rotatable bonds is 5.